The fraction of sp³-hybridized carbons (Fsp3) is 0.750. The van der Waals surface area contributed by atoms with Crippen LogP contribution in [-0.4, -0.2) is 13.1 Å². The number of rotatable bonds is 5. The lowest BCUT2D eigenvalue weighted by Gasteiger charge is -2.06. The van der Waals surface area contributed by atoms with E-state index in [2.05, 4.69) is 12.2 Å². The van der Waals surface area contributed by atoms with Crippen molar-refractivity contribution in [2.24, 2.45) is 5.92 Å². The van der Waals surface area contributed by atoms with Crippen molar-refractivity contribution < 1.29 is 2.74 Å². The van der Waals surface area contributed by atoms with Crippen LogP contribution in [0.15, 0.2) is 12.6 Å². The number of hydrogen-bond acceptors (Lipinski definition) is 1. The maximum Gasteiger partial charge on any atom is 0.0535 e. The van der Waals surface area contributed by atoms with Crippen molar-refractivity contribution in [2.45, 2.75) is 20.2 Å². The van der Waals surface area contributed by atoms with Crippen LogP contribution in [0, 0.1) is 5.92 Å². The number of hydrogen-bond donors (Lipinski definition) is 1. The van der Waals surface area contributed by atoms with E-state index < -0.39 is 0 Å². The van der Waals surface area contributed by atoms with E-state index in [1.54, 1.807) is 6.08 Å². The molecule has 0 radical (unpaired) electrons. The van der Waals surface area contributed by atoms with Crippen LogP contribution >= 0.6 is 0 Å². The molecule has 9 heavy (non-hydrogen) atoms. The Morgan fingerprint density at radius 3 is 3.44 bits per heavy atom. The van der Waals surface area contributed by atoms with E-state index in [1.807, 2.05) is 0 Å². The highest BCUT2D eigenvalue weighted by molar-refractivity contribution is 4.70. The molecule has 0 spiro atoms. The van der Waals surface area contributed by atoms with E-state index in [1.165, 1.54) is 6.55 Å². The quantitative estimate of drug-likeness (QED) is 0.441. The molecule has 0 aliphatic rings. The SMILES string of the molecule is [2H]C=CCNCC(C[2H])CC. The fourth-order valence-electron chi connectivity index (χ4n) is 0.515. The standard InChI is InChI=1S/C8H17N/c1-4-6-9-7-8(3)5-2/h4,8-9H,1,5-7H2,2-3H3/i1D,3D. The molecule has 0 aromatic heterocycles. The van der Waals surface area contributed by atoms with Gasteiger partial charge in [-0.2, -0.15) is 0 Å². The molecule has 0 fully saturated rings. The largest absolute Gasteiger partial charge is 0.313 e. The Kier molecular flexibility index (Phi) is 3.55. The predicted octanol–water partition coefficient (Wildman–Crippen LogP) is 1.81. The fourth-order valence-corrected chi connectivity index (χ4v) is 0.515. The summed E-state index contributed by atoms with van der Waals surface area (Å²) < 4.78 is 13.9. The second-order valence-corrected chi connectivity index (χ2v) is 2.17. The van der Waals surface area contributed by atoms with E-state index in [4.69, 9.17) is 2.74 Å². The van der Waals surface area contributed by atoms with Crippen LogP contribution in [0.5, 0.6) is 0 Å². The van der Waals surface area contributed by atoms with Crippen molar-refractivity contribution in [3.05, 3.63) is 12.6 Å². The zero-order chi connectivity index (χ0) is 8.53. The average molecular weight is 129 g/mol. The summed E-state index contributed by atoms with van der Waals surface area (Å²) in [4.78, 5) is 0. The lowest BCUT2D eigenvalue weighted by Crippen LogP contribution is -2.20. The zero-order valence-corrected chi connectivity index (χ0v) is 6.06. The highest BCUT2D eigenvalue weighted by Gasteiger charge is 1.94. The summed E-state index contributed by atoms with van der Waals surface area (Å²) in [6, 6.07) is 0. The monoisotopic (exact) mass is 129 g/mol. The molecule has 1 heteroatoms. The molecule has 1 nitrogen and oxygen atoms in total. The Bertz CT molecular complexity index is 100. The Morgan fingerprint density at radius 1 is 2.00 bits per heavy atom. The van der Waals surface area contributed by atoms with E-state index in [-0.39, 0.29) is 0 Å². The van der Waals surface area contributed by atoms with Gasteiger partial charge in [-0.15, -0.1) is 6.55 Å². The van der Waals surface area contributed by atoms with Gasteiger partial charge in [-0.3, -0.25) is 0 Å². The molecular formula is C8H17N. The van der Waals surface area contributed by atoms with Crippen LogP contribution in [0.25, 0.3) is 0 Å². The minimum absolute atomic E-state index is 0.467. The van der Waals surface area contributed by atoms with Crippen LogP contribution < -0.4 is 5.32 Å². The molecule has 0 heterocycles. The Hall–Kier alpha value is -0.300. The molecule has 1 atom stereocenters. The summed E-state index contributed by atoms with van der Waals surface area (Å²) in [5.74, 6) is 0.467. The van der Waals surface area contributed by atoms with Gasteiger partial charge < -0.3 is 5.32 Å². The van der Waals surface area contributed by atoms with Gasteiger partial charge in [0.05, 0.1) is 1.37 Å². The van der Waals surface area contributed by atoms with Crippen LogP contribution in [0.2, 0.25) is 0 Å². The van der Waals surface area contributed by atoms with Gasteiger partial charge in [0.2, 0.25) is 0 Å². The van der Waals surface area contributed by atoms with Gasteiger partial charge in [-0.25, -0.2) is 0 Å². The van der Waals surface area contributed by atoms with Crippen molar-refractivity contribution in [1.29, 1.82) is 0 Å². The zero-order valence-electron chi connectivity index (χ0n) is 8.06. The smallest absolute Gasteiger partial charge is 0.0535 e. The van der Waals surface area contributed by atoms with Gasteiger partial charge in [0, 0.05) is 7.92 Å². The van der Waals surface area contributed by atoms with Gasteiger partial charge >= 0.3 is 0 Å². The first-order chi connectivity index (χ1) is 5.35. The third-order valence-electron chi connectivity index (χ3n) is 1.27. The van der Waals surface area contributed by atoms with Crippen molar-refractivity contribution >= 4 is 0 Å². The van der Waals surface area contributed by atoms with Crippen LogP contribution in [0.3, 0.4) is 0 Å². The Labute approximate surface area is 61.0 Å². The van der Waals surface area contributed by atoms with Crippen molar-refractivity contribution in [3.8, 4) is 0 Å². The summed E-state index contributed by atoms with van der Waals surface area (Å²) in [5, 5.41) is 3.16. The lowest BCUT2D eigenvalue weighted by molar-refractivity contribution is 0.516. The van der Waals surface area contributed by atoms with E-state index in [0.717, 1.165) is 19.5 Å². The summed E-state index contributed by atoms with van der Waals surface area (Å²) in [6.45, 7) is 5.52. The third-order valence-corrected chi connectivity index (χ3v) is 1.27. The van der Waals surface area contributed by atoms with E-state index in [0.29, 0.717) is 12.8 Å². The highest BCUT2D eigenvalue weighted by Crippen LogP contribution is 1.96. The second kappa shape index (κ2) is 5.83. The first-order valence-corrected chi connectivity index (χ1v) is 3.38. The lowest BCUT2D eigenvalue weighted by atomic mass is 10.1. The van der Waals surface area contributed by atoms with Gasteiger partial charge in [-0.05, 0) is 12.5 Å². The Morgan fingerprint density at radius 2 is 2.89 bits per heavy atom. The second-order valence-electron chi connectivity index (χ2n) is 2.17. The first-order valence-electron chi connectivity index (χ1n) is 4.66. The molecule has 0 aliphatic heterocycles. The topological polar surface area (TPSA) is 12.0 Å². The predicted molar refractivity (Wildman–Crippen MR) is 42.5 cm³/mol. The van der Waals surface area contributed by atoms with Crippen molar-refractivity contribution in [1.82, 2.24) is 5.32 Å². The molecule has 1 N–H and O–H groups in total. The van der Waals surface area contributed by atoms with E-state index in [9.17, 15) is 0 Å². The van der Waals surface area contributed by atoms with Gasteiger partial charge in [0.1, 0.15) is 0 Å². The van der Waals surface area contributed by atoms with Crippen molar-refractivity contribution in [2.75, 3.05) is 13.1 Å². The Balaban J connectivity index is 3.21. The summed E-state index contributed by atoms with van der Waals surface area (Å²) in [5.41, 5.74) is 0. The molecule has 54 valence electrons. The average Bonchev–Trinajstić information content (AvgIpc) is 2.05. The van der Waals surface area contributed by atoms with Crippen LogP contribution in [0.1, 0.15) is 23.0 Å². The van der Waals surface area contributed by atoms with Crippen LogP contribution in [-0.2, 0) is 0 Å². The summed E-state index contributed by atoms with van der Waals surface area (Å²) in [7, 11) is 0. The molecular weight excluding hydrogens is 110 g/mol. The van der Waals surface area contributed by atoms with Gasteiger partial charge in [-0.1, -0.05) is 26.3 Å². The molecule has 1 unspecified atom stereocenters. The summed E-state index contributed by atoms with van der Waals surface area (Å²) in [6.07, 6.45) is 2.82. The molecule has 0 amide bonds. The highest BCUT2D eigenvalue weighted by atomic mass is 14.8. The van der Waals surface area contributed by atoms with Gasteiger partial charge in [0.25, 0.3) is 0 Å². The van der Waals surface area contributed by atoms with E-state index >= 15 is 0 Å². The summed E-state index contributed by atoms with van der Waals surface area (Å²) >= 11 is 0. The molecule has 0 saturated heterocycles. The minimum Gasteiger partial charge on any atom is -0.313 e. The maximum atomic E-state index is 7.15. The van der Waals surface area contributed by atoms with Crippen LogP contribution in [0.4, 0.5) is 0 Å². The number of nitrogens with one attached hydrogen (secondary N) is 1. The molecule has 0 bridgehead atoms. The van der Waals surface area contributed by atoms with Gasteiger partial charge in [0.15, 0.2) is 0 Å². The van der Waals surface area contributed by atoms with Crippen molar-refractivity contribution in [3.63, 3.8) is 0 Å². The third kappa shape index (κ3) is 5.57. The normalized spacial score (nSPS) is 17.4. The molecule has 0 saturated carbocycles. The molecule has 0 rings (SSSR count). The maximum absolute atomic E-state index is 7.15. The minimum atomic E-state index is 0.467. The molecule has 0 aromatic carbocycles. The molecule has 0 aromatic rings. The molecule has 0 aliphatic carbocycles. The first kappa shape index (κ1) is 5.48.